The van der Waals surface area contributed by atoms with E-state index >= 15 is 0 Å². The normalized spacial score (nSPS) is 11.0. The molecule has 0 saturated heterocycles. The van der Waals surface area contributed by atoms with Crippen molar-refractivity contribution in [3.63, 3.8) is 0 Å². The van der Waals surface area contributed by atoms with Crippen molar-refractivity contribution in [3.05, 3.63) is 23.9 Å². The Bertz CT molecular complexity index is 407. The summed E-state index contributed by atoms with van der Waals surface area (Å²) in [4.78, 5) is 8.38. The number of nitrogens with zero attached hydrogens (tertiary/aromatic N) is 2. The number of pyridine rings is 1. The van der Waals surface area contributed by atoms with Gasteiger partial charge in [-0.15, -0.1) is 24.0 Å². The summed E-state index contributed by atoms with van der Waals surface area (Å²) in [5.74, 6) is 2.20. The molecule has 0 aliphatic heterocycles. The van der Waals surface area contributed by atoms with Crippen LogP contribution in [-0.4, -0.2) is 31.6 Å². The average molecular weight is 406 g/mol. The highest BCUT2D eigenvalue weighted by Crippen LogP contribution is 2.06. The van der Waals surface area contributed by atoms with E-state index in [0.717, 1.165) is 30.4 Å². The Morgan fingerprint density at radius 1 is 1.33 bits per heavy atom. The third-order valence-corrected chi connectivity index (χ3v) is 2.94. The molecule has 2 N–H and O–H groups in total. The van der Waals surface area contributed by atoms with Crippen molar-refractivity contribution in [1.82, 2.24) is 15.6 Å². The van der Waals surface area contributed by atoms with Gasteiger partial charge in [-0.2, -0.15) is 0 Å². The van der Waals surface area contributed by atoms with Crippen molar-refractivity contribution in [1.29, 1.82) is 0 Å². The number of aromatic nitrogens is 1. The number of hydrogen-bond acceptors (Lipinski definition) is 3. The van der Waals surface area contributed by atoms with Gasteiger partial charge in [0.05, 0.1) is 7.11 Å². The zero-order valence-electron chi connectivity index (χ0n) is 13.3. The Hall–Kier alpha value is -1.05. The Balaban J connectivity index is 0.00000400. The molecule has 0 bridgehead atoms. The topological polar surface area (TPSA) is 58.5 Å². The summed E-state index contributed by atoms with van der Waals surface area (Å²) >= 11 is 0. The predicted octanol–water partition coefficient (Wildman–Crippen LogP) is 2.81. The minimum Gasteiger partial charge on any atom is -0.481 e. The van der Waals surface area contributed by atoms with Crippen LogP contribution in [0.25, 0.3) is 0 Å². The molecule has 1 heterocycles. The van der Waals surface area contributed by atoms with E-state index in [2.05, 4.69) is 34.5 Å². The van der Waals surface area contributed by atoms with Gasteiger partial charge in [0, 0.05) is 32.4 Å². The van der Waals surface area contributed by atoms with Crippen LogP contribution in [0.3, 0.4) is 0 Å². The minimum absolute atomic E-state index is 0. The first-order valence-corrected chi connectivity index (χ1v) is 7.09. The summed E-state index contributed by atoms with van der Waals surface area (Å²) in [6.45, 7) is 6.12. The number of halogens is 1. The fourth-order valence-electron chi connectivity index (χ4n) is 1.76. The number of guanidine groups is 1. The number of nitrogens with one attached hydrogen (secondary N) is 2. The van der Waals surface area contributed by atoms with Crippen LogP contribution in [-0.2, 0) is 6.54 Å². The predicted molar refractivity (Wildman–Crippen MR) is 98.5 cm³/mol. The van der Waals surface area contributed by atoms with E-state index in [-0.39, 0.29) is 24.0 Å². The van der Waals surface area contributed by atoms with Crippen LogP contribution in [0, 0.1) is 5.92 Å². The SMILES string of the molecule is CN=C(NCCCC(C)C)NCc1ccc(OC)nc1.I. The van der Waals surface area contributed by atoms with Gasteiger partial charge in [0.1, 0.15) is 0 Å². The van der Waals surface area contributed by atoms with Crippen molar-refractivity contribution in [2.24, 2.45) is 10.9 Å². The van der Waals surface area contributed by atoms with Crippen molar-refractivity contribution in [2.45, 2.75) is 33.2 Å². The molecular formula is C15H27IN4O. The van der Waals surface area contributed by atoms with Crippen molar-refractivity contribution in [2.75, 3.05) is 20.7 Å². The van der Waals surface area contributed by atoms with Gasteiger partial charge in [-0.3, -0.25) is 4.99 Å². The first kappa shape index (κ1) is 19.9. The van der Waals surface area contributed by atoms with Crippen LogP contribution < -0.4 is 15.4 Å². The van der Waals surface area contributed by atoms with Gasteiger partial charge in [0.2, 0.25) is 5.88 Å². The molecule has 0 radical (unpaired) electrons. The van der Waals surface area contributed by atoms with Crippen molar-refractivity contribution >= 4 is 29.9 Å². The standard InChI is InChI=1S/C15H26N4O.HI/c1-12(2)6-5-9-17-15(16-3)19-11-13-7-8-14(20-4)18-10-13;/h7-8,10,12H,5-6,9,11H2,1-4H3,(H2,16,17,19);1H. The Morgan fingerprint density at radius 2 is 2.10 bits per heavy atom. The van der Waals surface area contributed by atoms with E-state index < -0.39 is 0 Å². The molecule has 1 aromatic heterocycles. The number of ether oxygens (including phenoxy) is 1. The van der Waals surface area contributed by atoms with Gasteiger partial charge in [0.25, 0.3) is 0 Å². The van der Waals surface area contributed by atoms with Crippen LogP contribution in [0.2, 0.25) is 0 Å². The summed E-state index contributed by atoms with van der Waals surface area (Å²) in [5.41, 5.74) is 1.09. The van der Waals surface area contributed by atoms with Crippen LogP contribution in [0.15, 0.2) is 23.3 Å². The lowest BCUT2D eigenvalue weighted by atomic mass is 10.1. The summed E-state index contributed by atoms with van der Waals surface area (Å²) in [5, 5.41) is 6.58. The summed E-state index contributed by atoms with van der Waals surface area (Å²) in [6.07, 6.45) is 4.19. The maximum atomic E-state index is 5.03. The van der Waals surface area contributed by atoms with Crippen molar-refractivity contribution in [3.8, 4) is 5.88 Å². The molecule has 0 fully saturated rings. The number of rotatable bonds is 7. The molecule has 1 rings (SSSR count). The second-order valence-corrected chi connectivity index (χ2v) is 5.10. The van der Waals surface area contributed by atoms with E-state index in [1.165, 1.54) is 6.42 Å². The zero-order valence-corrected chi connectivity index (χ0v) is 15.7. The fourth-order valence-corrected chi connectivity index (χ4v) is 1.76. The lowest BCUT2D eigenvalue weighted by molar-refractivity contribution is 0.397. The van der Waals surface area contributed by atoms with Crippen LogP contribution in [0.4, 0.5) is 0 Å². The molecule has 21 heavy (non-hydrogen) atoms. The molecule has 1 aromatic rings. The molecule has 0 unspecified atom stereocenters. The number of aliphatic imine (C=N–C) groups is 1. The molecule has 120 valence electrons. The van der Waals surface area contributed by atoms with Gasteiger partial charge in [-0.05, 0) is 24.3 Å². The van der Waals surface area contributed by atoms with Gasteiger partial charge < -0.3 is 15.4 Å². The molecule has 0 atom stereocenters. The van der Waals surface area contributed by atoms with Gasteiger partial charge in [-0.25, -0.2) is 4.98 Å². The van der Waals surface area contributed by atoms with E-state index in [1.807, 2.05) is 12.1 Å². The molecule has 5 nitrogen and oxygen atoms in total. The largest absolute Gasteiger partial charge is 0.481 e. The van der Waals surface area contributed by atoms with E-state index in [9.17, 15) is 0 Å². The van der Waals surface area contributed by atoms with Crippen LogP contribution >= 0.6 is 24.0 Å². The zero-order chi connectivity index (χ0) is 14.8. The quantitative estimate of drug-likeness (QED) is 0.317. The first-order valence-electron chi connectivity index (χ1n) is 7.09. The second kappa shape index (κ2) is 11.6. The highest BCUT2D eigenvalue weighted by Gasteiger charge is 2.00. The maximum Gasteiger partial charge on any atom is 0.212 e. The van der Waals surface area contributed by atoms with E-state index in [0.29, 0.717) is 12.4 Å². The lowest BCUT2D eigenvalue weighted by Gasteiger charge is -2.12. The monoisotopic (exact) mass is 406 g/mol. The maximum absolute atomic E-state index is 5.03. The summed E-state index contributed by atoms with van der Waals surface area (Å²) in [7, 11) is 3.40. The smallest absolute Gasteiger partial charge is 0.212 e. The lowest BCUT2D eigenvalue weighted by Crippen LogP contribution is -2.37. The van der Waals surface area contributed by atoms with Crippen LogP contribution in [0.5, 0.6) is 5.88 Å². The molecule has 6 heteroatoms. The Kier molecular flexibility index (Phi) is 11.0. The first-order chi connectivity index (χ1) is 9.65. The fraction of sp³-hybridized carbons (Fsp3) is 0.600. The van der Waals surface area contributed by atoms with E-state index in [1.54, 1.807) is 20.4 Å². The van der Waals surface area contributed by atoms with Crippen LogP contribution in [0.1, 0.15) is 32.3 Å². The van der Waals surface area contributed by atoms with Crippen molar-refractivity contribution < 1.29 is 4.74 Å². The summed E-state index contributed by atoms with van der Waals surface area (Å²) < 4.78 is 5.03. The molecule has 0 saturated carbocycles. The highest BCUT2D eigenvalue weighted by molar-refractivity contribution is 14.0. The third kappa shape index (κ3) is 8.75. The Labute approximate surface area is 145 Å². The highest BCUT2D eigenvalue weighted by atomic mass is 127. The Morgan fingerprint density at radius 3 is 2.62 bits per heavy atom. The number of methoxy groups -OCH3 is 1. The summed E-state index contributed by atoms with van der Waals surface area (Å²) in [6, 6.07) is 3.85. The molecule has 0 aliphatic rings. The van der Waals surface area contributed by atoms with Gasteiger partial charge >= 0.3 is 0 Å². The third-order valence-electron chi connectivity index (χ3n) is 2.94. The van der Waals surface area contributed by atoms with Gasteiger partial charge in [0.15, 0.2) is 5.96 Å². The minimum atomic E-state index is 0. The molecule has 0 aromatic carbocycles. The molecular weight excluding hydrogens is 379 g/mol. The van der Waals surface area contributed by atoms with Gasteiger partial charge in [-0.1, -0.05) is 19.9 Å². The molecule has 0 amide bonds. The number of hydrogen-bond donors (Lipinski definition) is 2. The molecule has 0 aliphatic carbocycles. The van der Waals surface area contributed by atoms with E-state index in [4.69, 9.17) is 4.74 Å². The second-order valence-electron chi connectivity index (χ2n) is 5.10. The molecule has 0 spiro atoms. The average Bonchev–Trinajstić information content (AvgIpc) is 2.47.